The summed E-state index contributed by atoms with van der Waals surface area (Å²) in [6, 6.07) is 13.0. The highest BCUT2D eigenvalue weighted by atomic mass is 16.5. The molecule has 2 amide bonds. The summed E-state index contributed by atoms with van der Waals surface area (Å²) < 4.78 is 11.8. The number of nitrogens with zero attached hydrogens (tertiary/aromatic N) is 2. The number of aliphatic hydroxyl groups excluding tert-OH is 1. The zero-order valence-electron chi connectivity index (χ0n) is 23.7. The van der Waals surface area contributed by atoms with Gasteiger partial charge in [-0.05, 0) is 62.7 Å². The number of aliphatic hydroxyl groups is 1. The van der Waals surface area contributed by atoms with Crippen molar-refractivity contribution in [3.8, 4) is 11.5 Å². The molecule has 8 nitrogen and oxygen atoms in total. The fourth-order valence-electron chi connectivity index (χ4n) is 5.54. The lowest BCUT2D eigenvalue weighted by molar-refractivity contribution is -0.120. The molecule has 0 bridgehead atoms. The number of benzene rings is 2. The lowest BCUT2D eigenvalue weighted by Gasteiger charge is -2.38. The smallest absolute Gasteiger partial charge is 0.258 e. The van der Waals surface area contributed by atoms with Crippen LogP contribution in [0.1, 0.15) is 61.9 Å². The van der Waals surface area contributed by atoms with Gasteiger partial charge in [0.15, 0.2) is 0 Å². The van der Waals surface area contributed by atoms with Crippen molar-refractivity contribution in [2.24, 2.45) is 11.8 Å². The van der Waals surface area contributed by atoms with E-state index in [0.29, 0.717) is 30.1 Å². The quantitative estimate of drug-likeness (QED) is 0.487. The van der Waals surface area contributed by atoms with Gasteiger partial charge in [-0.25, -0.2) is 0 Å². The van der Waals surface area contributed by atoms with Crippen LogP contribution in [0.25, 0.3) is 0 Å². The monoisotopic (exact) mass is 537 g/mol. The largest absolute Gasteiger partial charge is 0.497 e. The van der Waals surface area contributed by atoms with E-state index in [9.17, 15) is 14.7 Å². The van der Waals surface area contributed by atoms with Crippen LogP contribution in [0.5, 0.6) is 11.5 Å². The van der Waals surface area contributed by atoms with E-state index >= 15 is 0 Å². The topological polar surface area (TPSA) is 91.3 Å². The lowest BCUT2D eigenvalue weighted by Crippen LogP contribution is -2.49. The van der Waals surface area contributed by atoms with Gasteiger partial charge in [-0.15, -0.1) is 0 Å². The fraction of sp³-hybridized carbons (Fsp3) is 0.548. The van der Waals surface area contributed by atoms with Crippen molar-refractivity contribution in [3.63, 3.8) is 0 Å². The molecule has 1 saturated carbocycles. The second kappa shape index (κ2) is 13.3. The highest BCUT2D eigenvalue weighted by Gasteiger charge is 2.34. The number of hydrogen-bond acceptors (Lipinski definition) is 6. The average Bonchev–Trinajstić information content (AvgIpc) is 2.95. The molecule has 4 rings (SSSR count). The average molecular weight is 538 g/mol. The summed E-state index contributed by atoms with van der Waals surface area (Å²) in [5.74, 6) is 1.19. The maximum atomic E-state index is 13.7. The van der Waals surface area contributed by atoms with Crippen molar-refractivity contribution in [3.05, 3.63) is 53.6 Å². The maximum Gasteiger partial charge on any atom is 0.258 e. The summed E-state index contributed by atoms with van der Waals surface area (Å²) in [7, 11) is 3.72. The van der Waals surface area contributed by atoms with Gasteiger partial charge in [-0.3, -0.25) is 14.5 Å². The standard InChI is InChI=1S/C31H43N3O5/c1-21-17-34(22(2)20-35)31(37)27-16-25(32-30(36)24-8-6-5-7-9-24)12-15-28(27)39-29(21)19-33(3)18-23-10-13-26(38-4)14-11-23/h10-16,21-22,24,29,35H,5-9,17-20H2,1-4H3,(H,32,36)/t21-,22-,29+/m0/s1. The minimum absolute atomic E-state index is 0.0149. The first kappa shape index (κ1) is 28.9. The first-order valence-corrected chi connectivity index (χ1v) is 14.1. The van der Waals surface area contributed by atoms with Crippen molar-refractivity contribution in [1.29, 1.82) is 0 Å². The second-order valence-corrected chi connectivity index (χ2v) is 11.2. The van der Waals surface area contributed by atoms with E-state index in [1.54, 1.807) is 24.1 Å². The first-order chi connectivity index (χ1) is 18.8. The highest BCUT2D eigenvalue weighted by molar-refractivity contribution is 6.00. The second-order valence-electron chi connectivity index (χ2n) is 11.2. The molecule has 0 unspecified atom stereocenters. The summed E-state index contributed by atoms with van der Waals surface area (Å²) in [4.78, 5) is 30.5. The molecule has 1 aliphatic heterocycles. The Kier molecular flexibility index (Phi) is 9.86. The number of fused-ring (bicyclic) bond motifs is 1. The molecular formula is C31H43N3O5. The molecule has 3 atom stereocenters. The summed E-state index contributed by atoms with van der Waals surface area (Å²) >= 11 is 0. The third kappa shape index (κ3) is 7.31. The van der Waals surface area contributed by atoms with Crippen LogP contribution in [-0.4, -0.2) is 72.7 Å². The molecule has 0 spiro atoms. The number of ether oxygens (including phenoxy) is 2. The van der Waals surface area contributed by atoms with Crippen molar-refractivity contribution in [1.82, 2.24) is 9.80 Å². The Labute approximate surface area is 232 Å². The molecule has 2 aromatic carbocycles. The fourth-order valence-corrected chi connectivity index (χ4v) is 5.54. The van der Waals surface area contributed by atoms with Crippen LogP contribution in [0, 0.1) is 11.8 Å². The van der Waals surface area contributed by atoms with Crippen LogP contribution in [0.15, 0.2) is 42.5 Å². The molecule has 2 N–H and O–H groups in total. The van der Waals surface area contributed by atoms with E-state index in [2.05, 4.69) is 36.3 Å². The number of nitrogens with one attached hydrogen (secondary N) is 1. The molecule has 212 valence electrons. The van der Waals surface area contributed by atoms with Gasteiger partial charge in [0, 0.05) is 37.2 Å². The Hall–Kier alpha value is -3.10. The van der Waals surface area contributed by atoms with Crippen molar-refractivity contribution in [2.45, 2.75) is 64.6 Å². The molecule has 0 saturated heterocycles. The molecule has 39 heavy (non-hydrogen) atoms. The number of carbonyl (C=O) groups excluding carboxylic acids is 2. The van der Waals surface area contributed by atoms with Crippen LogP contribution in [-0.2, 0) is 11.3 Å². The zero-order chi connectivity index (χ0) is 27.9. The number of carbonyl (C=O) groups is 2. The predicted octanol–water partition coefficient (Wildman–Crippen LogP) is 4.57. The lowest BCUT2D eigenvalue weighted by atomic mass is 9.88. The van der Waals surface area contributed by atoms with E-state index in [0.717, 1.165) is 38.0 Å². The van der Waals surface area contributed by atoms with Gasteiger partial charge >= 0.3 is 0 Å². The molecule has 1 aliphatic carbocycles. The van der Waals surface area contributed by atoms with E-state index in [-0.39, 0.29) is 42.4 Å². The SMILES string of the molecule is COc1ccc(CN(C)C[C@H]2Oc3ccc(NC(=O)C4CCCCC4)cc3C(=O)N([C@@H](C)CO)C[C@@H]2C)cc1. The van der Waals surface area contributed by atoms with Crippen LogP contribution in [0.4, 0.5) is 5.69 Å². The summed E-state index contributed by atoms with van der Waals surface area (Å²) in [5.41, 5.74) is 2.17. The maximum absolute atomic E-state index is 13.7. The zero-order valence-corrected chi connectivity index (χ0v) is 23.7. The first-order valence-electron chi connectivity index (χ1n) is 14.1. The van der Waals surface area contributed by atoms with Gasteiger partial charge in [0.2, 0.25) is 5.91 Å². The Morgan fingerprint density at radius 3 is 2.56 bits per heavy atom. The third-order valence-electron chi connectivity index (χ3n) is 8.01. The van der Waals surface area contributed by atoms with Crippen LogP contribution in [0.3, 0.4) is 0 Å². The summed E-state index contributed by atoms with van der Waals surface area (Å²) in [5, 5.41) is 13.0. The van der Waals surface area contributed by atoms with Crippen LogP contribution >= 0.6 is 0 Å². The van der Waals surface area contributed by atoms with Crippen molar-refractivity contribution >= 4 is 17.5 Å². The molecule has 8 heteroatoms. The molecule has 0 radical (unpaired) electrons. The Morgan fingerprint density at radius 2 is 1.90 bits per heavy atom. The summed E-state index contributed by atoms with van der Waals surface area (Å²) in [6.07, 6.45) is 4.97. The Bertz CT molecular complexity index is 1120. The van der Waals surface area contributed by atoms with Crippen LogP contribution < -0.4 is 14.8 Å². The molecule has 2 aromatic rings. The number of anilines is 1. The minimum Gasteiger partial charge on any atom is -0.497 e. The highest BCUT2D eigenvalue weighted by Crippen LogP contribution is 2.32. The molecule has 0 aromatic heterocycles. The van der Waals surface area contributed by atoms with Gasteiger partial charge in [0.25, 0.3) is 5.91 Å². The number of hydrogen-bond donors (Lipinski definition) is 2. The predicted molar refractivity (Wildman–Crippen MR) is 152 cm³/mol. The van der Waals surface area contributed by atoms with E-state index < -0.39 is 0 Å². The van der Waals surface area contributed by atoms with Gasteiger partial charge in [0.05, 0.1) is 25.3 Å². The third-order valence-corrected chi connectivity index (χ3v) is 8.01. The molecule has 1 fully saturated rings. The van der Waals surface area contributed by atoms with Crippen molar-refractivity contribution in [2.75, 3.05) is 39.2 Å². The Morgan fingerprint density at radius 1 is 1.18 bits per heavy atom. The molecule has 1 heterocycles. The Balaban J connectivity index is 1.55. The van der Waals surface area contributed by atoms with Gasteiger partial charge in [-0.1, -0.05) is 38.3 Å². The van der Waals surface area contributed by atoms with E-state index in [1.807, 2.05) is 25.1 Å². The van der Waals surface area contributed by atoms with Crippen LogP contribution in [0.2, 0.25) is 0 Å². The van der Waals surface area contributed by atoms with Gasteiger partial charge < -0.3 is 24.8 Å². The van der Waals surface area contributed by atoms with E-state index in [1.165, 1.54) is 12.0 Å². The normalized spacial score (nSPS) is 21.0. The van der Waals surface area contributed by atoms with Gasteiger partial charge in [0.1, 0.15) is 17.6 Å². The minimum atomic E-state index is -0.343. The van der Waals surface area contributed by atoms with Gasteiger partial charge in [-0.2, -0.15) is 0 Å². The van der Waals surface area contributed by atoms with E-state index in [4.69, 9.17) is 9.47 Å². The van der Waals surface area contributed by atoms with Crippen molar-refractivity contribution < 1.29 is 24.2 Å². The number of likely N-dealkylation sites (N-methyl/N-ethyl adjacent to an activating group) is 1. The number of methoxy groups -OCH3 is 1. The molecular weight excluding hydrogens is 494 g/mol. The molecule has 2 aliphatic rings. The number of amides is 2. The summed E-state index contributed by atoms with van der Waals surface area (Å²) in [6.45, 7) is 5.66. The number of rotatable bonds is 9.